The lowest BCUT2D eigenvalue weighted by molar-refractivity contribution is 0.365. The average Bonchev–Trinajstić information content (AvgIpc) is 2.67. The molecular formula is C12H20N2S. The Morgan fingerprint density at radius 3 is 3.00 bits per heavy atom. The summed E-state index contributed by atoms with van der Waals surface area (Å²) in [6.07, 6.45) is 1.14. The molecule has 0 unspecified atom stereocenters. The molecule has 2 nitrogen and oxygen atoms in total. The summed E-state index contributed by atoms with van der Waals surface area (Å²) in [5.74, 6) is 0. The molecule has 84 valence electrons. The standard InChI is InChI=1S/C12H20N2S/c1-11(9-13-2)10-14(3)7-6-12-5-4-8-15-12/h4-5,8,13H,1,6-7,9-10H2,2-3H3. The van der Waals surface area contributed by atoms with Crippen LogP contribution in [0.25, 0.3) is 0 Å². The van der Waals surface area contributed by atoms with Crippen LogP contribution < -0.4 is 5.32 Å². The lowest BCUT2D eigenvalue weighted by Crippen LogP contribution is -2.26. The van der Waals surface area contributed by atoms with E-state index in [9.17, 15) is 0 Å². The highest BCUT2D eigenvalue weighted by atomic mass is 32.1. The molecule has 0 amide bonds. The molecule has 0 spiro atoms. The number of thiophene rings is 1. The zero-order valence-electron chi connectivity index (χ0n) is 9.62. The van der Waals surface area contributed by atoms with Crippen molar-refractivity contribution >= 4 is 11.3 Å². The Balaban J connectivity index is 2.18. The normalized spacial score (nSPS) is 10.9. The summed E-state index contributed by atoms with van der Waals surface area (Å²) >= 11 is 1.83. The molecule has 1 rings (SSSR count). The zero-order chi connectivity index (χ0) is 11.1. The molecule has 1 aromatic heterocycles. The van der Waals surface area contributed by atoms with Gasteiger partial charge in [0, 0.05) is 24.5 Å². The quantitative estimate of drug-likeness (QED) is 0.713. The summed E-state index contributed by atoms with van der Waals surface area (Å²) in [4.78, 5) is 3.78. The van der Waals surface area contributed by atoms with Crippen molar-refractivity contribution in [1.82, 2.24) is 10.2 Å². The van der Waals surface area contributed by atoms with Gasteiger partial charge in [0.2, 0.25) is 0 Å². The lowest BCUT2D eigenvalue weighted by atomic mass is 10.2. The van der Waals surface area contributed by atoms with Crippen LogP contribution in [0.2, 0.25) is 0 Å². The summed E-state index contributed by atoms with van der Waals surface area (Å²) in [6, 6.07) is 4.31. The topological polar surface area (TPSA) is 15.3 Å². The molecule has 0 aliphatic heterocycles. The van der Waals surface area contributed by atoms with Crippen LogP contribution in [0.4, 0.5) is 0 Å². The number of likely N-dealkylation sites (N-methyl/N-ethyl adjacent to an activating group) is 2. The summed E-state index contributed by atoms with van der Waals surface area (Å²) in [5.41, 5.74) is 1.24. The molecule has 3 heteroatoms. The van der Waals surface area contributed by atoms with Crippen molar-refractivity contribution in [1.29, 1.82) is 0 Å². The van der Waals surface area contributed by atoms with Gasteiger partial charge in [0.25, 0.3) is 0 Å². The van der Waals surface area contributed by atoms with Gasteiger partial charge in [-0.05, 0) is 37.5 Å². The van der Waals surface area contributed by atoms with Crippen LogP contribution >= 0.6 is 11.3 Å². The highest BCUT2D eigenvalue weighted by Crippen LogP contribution is 2.09. The Kier molecular flexibility index (Phi) is 5.61. The van der Waals surface area contributed by atoms with E-state index >= 15 is 0 Å². The van der Waals surface area contributed by atoms with Crippen molar-refractivity contribution in [3.05, 3.63) is 34.5 Å². The maximum Gasteiger partial charge on any atom is 0.0199 e. The number of hydrogen-bond acceptors (Lipinski definition) is 3. The summed E-state index contributed by atoms with van der Waals surface area (Å²) in [5, 5.41) is 5.25. The van der Waals surface area contributed by atoms with Gasteiger partial charge in [-0.2, -0.15) is 0 Å². The largest absolute Gasteiger partial charge is 0.316 e. The molecule has 0 bridgehead atoms. The second-order valence-electron chi connectivity index (χ2n) is 3.85. The Morgan fingerprint density at radius 2 is 2.40 bits per heavy atom. The van der Waals surface area contributed by atoms with Gasteiger partial charge in [-0.3, -0.25) is 0 Å². The first-order valence-electron chi connectivity index (χ1n) is 5.24. The molecule has 0 radical (unpaired) electrons. The van der Waals surface area contributed by atoms with Crippen LogP contribution in [0.3, 0.4) is 0 Å². The van der Waals surface area contributed by atoms with E-state index in [2.05, 4.69) is 41.4 Å². The van der Waals surface area contributed by atoms with Crippen molar-refractivity contribution in [3.8, 4) is 0 Å². The molecule has 0 atom stereocenters. The fourth-order valence-electron chi connectivity index (χ4n) is 1.52. The molecule has 0 saturated carbocycles. The summed E-state index contributed by atoms with van der Waals surface area (Å²) < 4.78 is 0. The van der Waals surface area contributed by atoms with Gasteiger partial charge >= 0.3 is 0 Å². The van der Waals surface area contributed by atoms with E-state index in [4.69, 9.17) is 0 Å². The van der Waals surface area contributed by atoms with Crippen LogP contribution in [-0.4, -0.2) is 38.6 Å². The molecule has 15 heavy (non-hydrogen) atoms. The molecule has 1 aromatic rings. The molecule has 0 saturated heterocycles. The first kappa shape index (κ1) is 12.4. The number of hydrogen-bond donors (Lipinski definition) is 1. The maximum atomic E-state index is 4.03. The van der Waals surface area contributed by atoms with E-state index in [-0.39, 0.29) is 0 Å². The minimum Gasteiger partial charge on any atom is -0.316 e. The van der Waals surface area contributed by atoms with Crippen LogP contribution in [0.1, 0.15) is 4.88 Å². The molecule has 0 fully saturated rings. The predicted octanol–water partition coefficient (Wildman–Crippen LogP) is 2.00. The third-order valence-electron chi connectivity index (χ3n) is 2.24. The van der Waals surface area contributed by atoms with Crippen molar-refractivity contribution in [2.24, 2.45) is 0 Å². The maximum absolute atomic E-state index is 4.03. The van der Waals surface area contributed by atoms with Gasteiger partial charge in [-0.25, -0.2) is 0 Å². The van der Waals surface area contributed by atoms with Gasteiger partial charge in [-0.1, -0.05) is 12.6 Å². The Labute approximate surface area is 96.6 Å². The Hall–Kier alpha value is -0.640. The van der Waals surface area contributed by atoms with Gasteiger partial charge in [-0.15, -0.1) is 11.3 Å². The lowest BCUT2D eigenvalue weighted by Gasteiger charge is -2.17. The van der Waals surface area contributed by atoms with Crippen molar-refractivity contribution < 1.29 is 0 Å². The molecule has 0 aliphatic carbocycles. The van der Waals surface area contributed by atoms with E-state index in [1.165, 1.54) is 10.5 Å². The van der Waals surface area contributed by atoms with Crippen molar-refractivity contribution in [3.63, 3.8) is 0 Å². The smallest absolute Gasteiger partial charge is 0.0199 e. The van der Waals surface area contributed by atoms with E-state index in [1.54, 1.807) is 0 Å². The van der Waals surface area contributed by atoms with Crippen LogP contribution in [0.15, 0.2) is 29.7 Å². The highest BCUT2D eigenvalue weighted by Gasteiger charge is 2.01. The monoisotopic (exact) mass is 224 g/mol. The van der Waals surface area contributed by atoms with Crippen LogP contribution in [0, 0.1) is 0 Å². The van der Waals surface area contributed by atoms with E-state index in [0.29, 0.717) is 0 Å². The molecule has 0 aromatic carbocycles. The SMILES string of the molecule is C=C(CNC)CN(C)CCc1cccs1. The second-order valence-corrected chi connectivity index (χ2v) is 4.88. The first-order valence-corrected chi connectivity index (χ1v) is 6.12. The molecule has 1 heterocycles. The zero-order valence-corrected chi connectivity index (χ0v) is 10.4. The Morgan fingerprint density at radius 1 is 1.60 bits per heavy atom. The fourth-order valence-corrected chi connectivity index (χ4v) is 2.22. The molecule has 0 aliphatic rings. The number of rotatable bonds is 7. The number of nitrogens with zero attached hydrogens (tertiary/aromatic N) is 1. The van der Waals surface area contributed by atoms with E-state index in [1.807, 2.05) is 18.4 Å². The minimum atomic E-state index is 0.906. The van der Waals surface area contributed by atoms with E-state index in [0.717, 1.165) is 26.1 Å². The van der Waals surface area contributed by atoms with Crippen molar-refractivity contribution in [2.45, 2.75) is 6.42 Å². The van der Waals surface area contributed by atoms with Crippen LogP contribution in [0.5, 0.6) is 0 Å². The molecular weight excluding hydrogens is 204 g/mol. The third-order valence-corrected chi connectivity index (χ3v) is 3.18. The Bertz CT molecular complexity index is 280. The predicted molar refractivity (Wildman–Crippen MR) is 68.6 cm³/mol. The summed E-state index contributed by atoms with van der Waals surface area (Å²) in [7, 11) is 4.10. The third kappa shape index (κ3) is 5.11. The summed E-state index contributed by atoms with van der Waals surface area (Å²) in [6.45, 7) is 7.01. The average molecular weight is 224 g/mol. The van der Waals surface area contributed by atoms with Gasteiger partial charge in [0.05, 0.1) is 0 Å². The number of nitrogens with one attached hydrogen (secondary N) is 1. The highest BCUT2D eigenvalue weighted by molar-refractivity contribution is 7.09. The first-order chi connectivity index (χ1) is 7.22. The second kappa shape index (κ2) is 6.77. The van der Waals surface area contributed by atoms with Gasteiger partial charge < -0.3 is 10.2 Å². The van der Waals surface area contributed by atoms with Gasteiger partial charge in [0.15, 0.2) is 0 Å². The molecule has 1 N–H and O–H groups in total. The van der Waals surface area contributed by atoms with Crippen molar-refractivity contribution in [2.75, 3.05) is 33.7 Å². The fraction of sp³-hybridized carbons (Fsp3) is 0.500. The minimum absolute atomic E-state index is 0.906. The van der Waals surface area contributed by atoms with E-state index < -0.39 is 0 Å². The van der Waals surface area contributed by atoms with Gasteiger partial charge in [0.1, 0.15) is 0 Å². The van der Waals surface area contributed by atoms with Crippen LogP contribution in [-0.2, 0) is 6.42 Å².